The molecule has 49 heavy (non-hydrogen) atoms. The molecule has 0 saturated carbocycles. The number of carbonyl (C=O) groups is 2. The van der Waals surface area contributed by atoms with Crippen LogP contribution in [0.4, 0.5) is 0 Å². The molecule has 0 aliphatic heterocycles. The van der Waals surface area contributed by atoms with Crippen LogP contribution in [-0.2, 0) is 32.7 Å². The van der Waals surface area contributed by atoms with E-state index in [-0.39, 0.29) is 25.6 Å². The molecule has 0 spiro atoms. The number of carbonyl (C=O) groups excluding carboxylic acids is 2. The Labute approximate surface area is 301 Å². The first-order chi connectivity index (χ1) is 23.8. The first-order valence-corrected chi connectivity index (χ1v) is 22.0. The molecule has 290 valence electrons. The smallest absolute Gasteiger partial charge is 0.462 e. The van der Waals surface area contributed by atoms with Gasteiger partial charge in [-0.1, -0.05) is 161 Å². The molecule has 0 saturated heterocycles. The lowest BCUT2D eigenvalue weighted by molar-refractivity contribution is -0.161. The lowest BCUT2D eigenvalue weighted by Crippen LogP contribution is -2.29. The summed E-state index contributed by atoms with van der Waals surface area (Å²) < 4.78 is 32.6. The van der Waals surface area contributed by atoms with Crippen molar-refractivity contribution in [3.05, 3.63) is 12.2 Å². The molecule has 0 bridgehead atoms. The lowest BCUT2D eigenvalue weighted by Gasteiger charge is -2.19. The minimum Gasteiger partial charge on any atom is -0.462 e. The number of unbranched alkanes of at least 4 members (excludes halogenated alkanes) is 24. The third-order valence-electron chi connectivity index (χ3n) is 8.82. The van der Waals surface area contributed by atoms with Crippen molar-refractivity contribution in [1.29, 1.82) is 0 Å². The minimum absolute atomic E-state index is 0.00181. The molecule has 0 aliphatic rings. The fraction of sp³-hybridized carbons (Fsp3) is 0.900. The largest absolute Gasteiger partial charge is 0.472 e. The Morgan fingerprint density at radius 2 is 0.918 bits per heavy atom. The Bertz CT molecular complexity index is 818. The number of hydrogen-bond acceptors (Lipinski definition) is 7. The Hall–Kier alpha value is -1.21. The number of phosphoric ester groups is 1. The zero-order valence-corrected chi connectivity index (χ0v) is 33.0. The second-order valence-corrected chi connectivity index (χ2v) is 15.1. The standard InChI is InChI=1S/C40H77O8P/c1-4-7-9-11-13-15-17-19-20-21-22-23-25-26-28-30-32-34-39(41)45-36-38(37-47-49(43,44)46-6-3)48-40(42)35-33-31-29-27-24-18-16-14-12-10-8-5-2/h14,16,38H,4-13,15,17-37H2,1-3H3,(H,43,44)/b16-14-. The lowest BCUT2D eigenvalue weighted by atomic mass is 10.0. The first-order valence-electron chi connectivity index (χ1n) is 20.5. The predicted molar refractivity (Wildman–Crippen MR) is 203 cm³/mol. The van der Waals surface area contributed by atoms with Gasteiger partial charge in [-0.05, 0) is 45.4 Å². The Morgan fingerprint density at radius 1 is 0.531 bits per heavy atom. The van der Waals surface area contributed by atoms with Crippen molar-refractivity contribution >= 4 is 19.8 Å². The van der Waals surface area contributed by atoms with Crippen LogP contribution >= 0.6 is 7.82 Å². The summed E-state index contributed by atoms with van der Waals surface area (Å²) in [6.45, 7) is 5.46. The minimum atomic E-state index is -4.27. The van der Waals surface area contributed by atoms with E-state index in [0.29, 0.717) is 12.8 Å². The molecule has 0 aromatic carbocycles. The summed E-state index contributed by atoms with van der Waals surface area (Å²) >= 11 is 0. The zero-order chi connectivity index (χ0) is 36.1. The van der Waals surface area contributed by atoms with Gasteiger partial charge in [0.15, 0.2) is 6.10 Å². The molecule has 0 aromatic heterocycles. The fourth-order valence-electron chi connectivity index (χ4n) is 5.80. The molecule has 1 N–H and O–H groups in total. The van der Waals surface area contributed by atoms with E-state index < -0.39 is 26.5 Å². The van der Waals surface area contributed by atoms with Gasteiger partial charge in [-0.25, -0.2) is 4.57 Å². The van der Waals surface area contributed by atoms with E-state index in [1.54, 1.807) is 6.92 Å². The van der Waals surface area contributed by atoms with Crippen LogP contribution in [0.3, 0.4) is 0 Å². The molecule has 0 fully saturated rings. The molecule has 0 heterocycles. The van der Waals surface area contributed by atoms with Crippen LogP contribution in [0, 0.1) is 0 Å². The summed E-state index contributed by atoms with van der Waals surface area (Å²) in [4.78, 5) is 34.6. The summed E-state index contributed by atoms with van der Waals surface area (Å²) in [5.41, 5.74) is 0. The van der Waals surface area contributed by atoms with Crippen molar-refractivity contribution in [3.63, 3.8) is 0 Å². The molecular formula is C40H77O8P. The average molecular weight is 717 g/mol. The van der Waals surface area contributed by atoms with Crippen molar-refractivity contribution in [3.8, 4) is 0 Å². The number of phosphoric acid groups is 1. The third-order valence-corrected chi connectivity index (χ3v) is 9.88. The molecule has 0 rings (SSSR count). The van der Waals surface area contributed by atoms with Crippen molar-refractivity contribution in [2.45, 2.75) is 213 Å². The summed E-state index contributed by atoms with van der Waals surface area (Å²) in [5, 5.41) is 0. The second-order valence-electron chi connectivity index (χ2n) is 13.7. The van der Waals surface area contributed by atoms with E-state index >= 15 is 0 Å². The van der Waals surface area contributed by atoms with Crippen molar-refractivity contribution < 1.29 is 37.6 Å². The third kappa shape index (κ3) is 36.4. The molecule has 2 atom stereocenters. The van der Waals surface area contributed by atoms with E-state index in [1.807, 2.05) is 0 Å². The van der Waals surface area contributed by atoms with E-state index in [1.165, 1.54) is 116 Å². The van der Waals surface area contributed by atoms with Crippen LogP contribution < -0.4 is 0 Å². The molecule has 0 aromatic rings. The van der Waals surface area contributed by atoms with Gasteiger partial charge in [0, 0.05) is 12.8 Å². The van der Waals surface area contributed by atoms with Crippen LogP contribution in [-0.4, -0.2) is 42.8 Å². The zero-order valence-electron chi connectivity index (χ0n) is 32.1. The quantitative estimate of drug-likeness (QED) is 0.0291. The fourth-order valence-corrected chi connectivity index (χ4v) is 6.56. The molecule has 9 heteroatoms. The van der Waals surface area contributed by atoms with Gasteiger partial charge in [-0.2, -0.15) is 0 Å². The van der Waals surface area contributed by atoms with Gasteiger partial charge in [0.25, 0.3) is 0 Å². The number of esters is 2. The monoisotopic (exact) mass is 717 g/mol. The predicted octanol–water partition coefficient (Wildman–Crippen LogP) is 12.5. The highest BCUT2D eigenvalue weighted by molar-refractivity contribution is 7.47. The Balaban J connectivity index is 4.06. The summed E-state index contributed by atoms with van der Waals surface area (Å²) in [6.07, 6.45) is 36.9. The van der Waals surface area contributed by atoms with Crippen LogP contribution in [0.5, 0.6) is 0 Å². The molecule has 0 aliphatic carbocycles. The highest BCUT2D eigenvalue weighted by Gasteiger charge is 2.25. The van der Waals surface area contributed by atoms with Crippen LogP contribution in [0.25, 0.3) is 0 Å². The van der Waals surface area contributed by atoms with Crippen molar-refractivity contribution in [1.82, 2.24) is 0 Å². The van der Waals surface area contributed by atoms with Crippen molar-refractivity contribution in [2.24, 2.45) is 0 Å². The molecule has 0 radical (unpaired) electrons. The van der Waals surface area contributed by atoms with E-state index in [2.05, 4.69) is 26.0 Å². The first kappa shape index (κ1) is 47.8. The van der Waals surface area contributed by atoms with Crippen molar-refractivity contribution in [2.75, 3.05) is 19.8 Å². The van der Waals surface area contributed by atoms with E-state index in [4.69, 9.17) is 18.5 Å². The van der Waals surface area contributed by atoms with Gasteiger partial charge >= 0.3 is 19.8 Å². The summed E-state index contributed by atoms with van der Waals surface area (Å²) in [6, 6.07) is 0. The Morgan fingerprint density at radius 3 is 1.39 bits per heavy atom. The highest BCUT2D eigenvalue weighted by atomic mass is 31.2. The average Bonchev–Trinajstić information content (AvgIpc) is 3.07. The molecule has 2 unspecified atom stereocenters. The number of rotatable bonds is 38. The number of ether oxygens (including phenoxy) is 2. The highest BCUT2D eigenvalue weighted by Crippen LogP contribution is 2.43. The SMILES string of the molecule is CCCCC/C=C\CCCCCCCC(=O)OC(COC(=O)CCCCCCCCCCCCCCCCCCC)COP(=O)(O)OCC. The summed E-state index contributed by atoms with van der Waals surface area (Å²) in [5.74, 6) is -0.799. The van der Waals surface area contributed by atoms with Gasteiger partial charge in [0.1, 0.15) is 6.61 Å². The molecule has 0 amide bonds. The number of allylic oxidation sites excluding steroid dienone is 2. The van der Waals surface area contributed by atoms with Crippen LogP contribution in [0.15, 0.2) is 12.2 Å². The maximum absolute atomic E-state index is 12.5. The van der Waals surface area contributed by atoms with Crippen LogP contribution in [0.2, 0.25) is 0 Å². The molecular weight excluding hydrogens is 639 g/mol. The Kier molecular flexibility index (Phi) is 35.7. The van der Waals surface area contributed by atoms with Gasteiger partial charge in [0.2, 0.25) is 0 Å². The molecule has 8 nitrogen and oxygen atoms in total. The van der Waals surface area contributed by atoms with Gasteiger partial charge in [-0.3, -0.25) is 18.6 Å². The van der Waals surface area contributed by atoms with E-state index in [0.717, 1.165) is 51.4 Å². The second kappa shape index (κ2) is 36.6. The maximum atomic E-state index is 12.5. The van der Waals surface area contributed by atoms with E-state index in [9.17, 15) is 19.0 Å². The number of hydrogen-bond donors (Lipinski definition) is 1. The normalized spacial score (nSPS) is 13.5. The van der Waals surface area contributed by atoms with Gasteiger partial charge < -0.3 is 14.4 Å². The van der Waals surface area contributed by atoms with Gasteiger partial charge in [-0.15, -0.1) is 0 Å². The maximum Gasteiger partial charge on any atom is 0.472 e. The van der Waals surface area contributed by atoms with Crippen LogP contribution in [0.1, 0.15) is 207 Å². The van der Waals surface area contributed by atoms with Gasteiger partial charge in [0.05, 0.1) is 13.2 Å². The topological polar surface area (TPSA) is 108 Å². The summed E-state index contributed by atoms with van der Waals surface area (Å²) in [7, 11) is -4.27.